The van der Waals surface area contributed by atoms with Crippen molar-refractivity contribution in [3.63, 3.8) is 0 Å². The van der Waals surface area contributed by atoms with Crippen LogP contribution >= 0.6 is 0 Å². The highest BCUT2D eigenvalue weighted by molar-refractivity contribution is 5.55. The smallest absolute Gasteiger partial charge is 0.251 e. The van der Waals surface area contributed by atoms with Gasteiger partial charge in [-0.05, 0) is 24.6 Å². The highest BCUT2D eigenvalue weighted by Crippen LogP contribution is 2.22. The van der Waals surface area contributed by atoms with Gasteiger partial charge in [0.05, 0.1) is 11.9 Å². The molecule has 1 N–H and O–H groups in total. The van der Waals surface area contributed by atoms with Crippen molar-refractivity contribution in [3.05, 3.63) is 71.2 Å². The molecular formula is C18H12F3N5O. The van der Waals surface area contributed by atoms with Gasteiger partial charge in [-0.25, -0.2) is 23.7 Å². The number of halogens is 3. The van der Waals surface area contributed by atoms with E-state index in [0.29, 0.717) is 16.9 Å². The number of fused-ring (bicyclic) bond motifs is 1. The first-order chi connectivity index (χ1) is 12.9. The molecule has 0 saturated heterocycles. The van der Waals surface area contributed by atoms with E-state index < -0.39 is 23.3 Å². The SMILES string of the molecule is Cc1c(F)cc(Cc2nc(-c3ncc(F)c(O)n3)cn3ccnc23)cc1F. The van der Waals surface area contributed by atoms with Crippen molar-refractivity contribution in [1.82, 2.24) is 24.3 Å². The van der Waals surface area contributed by atoms with Crippen molar-refractivity contribution in [2.45, 2.75) is 13.3 Å². The van der Waals surface area contributed by atoms with Crippen LogP contribution in [0.4, 0.5) is 13.2 Å². The normalized spacial score (nSPS) is 11.3. The minimum Gasteiger partial charge on any atom is -0.491 e. The van der Waals surface area contributed by atoms with Crippen LogP contribution in [-0.4, -0.2) is 29.4 Å². The van der Waals surface area contributed by atoms with Crippen LogP contribution in [0.5, 0.6) is 5.88 Å². The van der Waals surface area contributed by atoms with Crippen molar-refractivity contribution >= 4 is 5.65 Å². The second-order valence-corrected chi connectivity index (χ2v) is 5.96. The molecule has 4 rings (SSSR count). The van der Waals surface area contributed by atoms with E-state index in [4.69, 9.17) is 0 Å². The van der Waals surface area contributed by atoms with Crippen LogP contribution in [0.15, 0.2) is 36.9 Å². The minimum atomic E-state index is -0.951. The molecule has 0 bridgehead atoms. The molecule has 4 aromatic rings. The molecule has 0 unspecified atom stereocenters. The van der Waals surface area contributed by atoms with Crippen molar-refractivity contribution in [1.29, 1.82) is 0 Å². The molecule has 0 aliphatic rings. The van der Waals surface area contributed by atoms with Gasteiger partial charge < -0.3 is 9.51 Å². The van der Waals surface area contributed by atoms with Gasteiger partial charge in [0.1, 0.15) is 17.3 Å². The highest BCUT2D eigenvalue weighted by Gasteiger charge is 2.15. The zero-order valence-electron chi connectivity index (χ0n) is 14.0. The summed E-state index contributed by atoms with van der Waals surface area (Å²) in [5.74, 6) is -3.03. The van der Waals surface area contributed by atoms with Crippen LogP contribution in [0.3, 0.4) is 0 Å². The second kappa shape index (κ2) is 6.35. The van der Waals surface area contributed by atoms with E-state index in [1.807, 2.05) is 0 Å². The monoisotopic (exact) mass is 371 g/mol. The number of benzene rings is 1. The highest BCUT2D eigenvalue weighted by atomic mass is 19.1. The van der Waals surface area contributed by atoms with Gasteiger partial charge in [-0.2, -0.15) is 9.37 Å². The molecule has 3 aromatic heterocycles. The van der Waals surface area contributed by atoms with E-state index in [-0.39, 0.29) is 23.5 Å². The summed E-state index contributed by atoms with van der Waals surface area (Å²) in [6, 6.07) is 2.48. The average molecular weight is 371 g/mol. The first-order valence-corrected chi connectivity index (χ1v) is 7.91. The molecule has 1 aromatic carbocycles. The van der Waals surface area contributed by atoms with E-state index >= 15 is 0 Å². The maximum atomic E-state index is 13.9. The van der Waals surface area contributed by atoms with E-state index in [1.54, 1.807) is 23.0 Å². The summed E-state index contributed by atoms with van der Waals surface area (Å²) < 4.78 is 42.6. The lowest BCUT2D eigenvalue weighted by Crippen LogP contribution is -2.03. The van der Waals surface area contributed by atoms with Crippen LogP contribution < -0.4 is 0 Å². The van der Waals surface area contributed by atoms with Crippen molar-refractivity contribution in [3.8, 4) is 17.4 Å². The number of rotatable bonds is 3. The predicted molar refractivity (Wildman–Crippen MR) is 89.5 cm³/mol. The maximum absolute atomic E-state index is 13.9. The summed E-state index contributed by atoms with van der Waals surface area (Å²) in [5, 5.41) is 9.47. The predicted octanol–water partition coefficient (Wildman–Crippen LogP) is 3.21. The standard InChI is InChI=1S/C18H12F3N5O/c1-9-11(19)4-10(5-12(9)20)6-14-17-22-2-3-26(17)8-15(24-14)16-23-7-13(21)18(27)25-16/h2-5,7-8H,6H2,1H3,(H,23,25,27). The molecule has 0 aliphatic heterocycles. The molecule has 27 heavy (non-hydrogen) atoms. The molecule has 3 heterocycles. The Balaban J connectivity index is 1.82. The lowest BCUT2D eigenvalue weighted by molar-refractivity contribution is 0.409. The largest absolute Gasteiger partial charge is 0.491 e. The summed E-state index contributed by atoms with van der Waals surface area (Å²) in [6.45, 7) is 1.36. The van der Waals surface area contributed by atoms with Crippen LogP contribution in [0.25, 0.3) is 17.2 Å². The van der Waals surface area contributed by atoms with E-state index in [9.17, 15) is 18.3 Å². The molecule has 9 heteroatoms. The molecule has 0 aliphatic carbocycles. The number of aromatic hydroxyl groups is 1. The maximum Gasteiger partial charge on any atom is 0.251 e. The summed E-state index contributed by atoms with van der Waals surface area (Å²) in [5.41, 5.74) is 1.49. The minimum absolute atomic E-state index is 0.00650. The third-order valence-electron chi connectivity index (χ3n) is 4.11. The van der Waals surface area contributed by atoms with Crippen LogP contribution in [0.2, 0.25) is 0 Å². The summed E-state index contributed by atoms with van der Waals surface area (Å²) in [6.07, 6.45) is 5.71. The fourth-order valence-corrected chi connectivity index (χ4v) is 2.70. The molecule has 0 fully saturated rings. The number of aromatic nitrogens is 5. The first kappa shape index (κ1) is 17.0. The molecular weight excluding hydrogens is 359 g/mol. The third kappa shape index (κ3) is 3.07. The molecule has 0 amide bonds. The van der Waals surface area contributed by atoms with Gasteiger partial charge in [-0.15, -0.1) is 0 Å². The molecule has 0 atom stereocenters. The van der Waals surface area contributed by atoms with Gasteiger partial charge in [-0.3, -0.25) is 0 Å². The molecule has 0 spiro atoms. The number of nitrogens with zero attached hydrogens (tertiary/aromatic N) is 5. The van der Waals surface area contributed by atoms with Crippen LogP contribution in [-0.2, 0) is 6.42 Å². The Kier molecular flexibility index (Phi) is 3.98. The first-order valence-electron chi connectivity index (χ1n) is 7.91. The van der Waals surface area contributed by atoms with Crippen molar-refractivity contribution in [2.24, 2.45) is 0 Å². The Hall–Kier alpha value is -3.49. The quantitative estimate of drug-likeness (QED) is 0.599. The number of hydrogen-bond donors (Lipinski definition) is 1. The second-order valence-electron chi connectivity index (χ2n) is 5.96. The van der Waals surface area contributed by atoms with E-state index in [0.717, 1.165) is 6.20 Å². The fraction of sp³-hybridized carbons (Fsp3) is 0.111. The zero-order chi connectivity index (χ0) is 19.1. The number of hydrogen-bond acceptors (Lipinski definition) is 5. The molecule has 6 nitrogen and oxygen atoms in total. The Bertz CT molecular complexity index is 1150. The van der Waals surface area contributed by atoms with Crippen molar-refractivity contribution in [2.75, 3.05) is 0 Å². The van der Waals surface area contributed by atoms with Gasteiger partial charge in [0.25, 0.3) is 5.88 Å². The van der Waals surface area contributed by atoms with Gasteiger partial charge in [0, 0.05) is 30.6 Å². The van der Waals surface area contributed by atoms with Gasteiger partial charge in [-0.1, -0.05) is 0 Å². The Morgan fingerprint density at radius 3 is 2.48 bits per heavy atom. The van der Waals surface area contributed by atoms with Crippen molar-refractivity contribution < 1.29 is 18.3 Å². The van der Waals surface area contributed by atoms with Gasteiger partial charge in [0.2, 0.25) is 5.82 Å². The Morgan fingerprint density at radius 1 is 1.04 bits per heavy atom. The van der Waals surface area contributed by atoms with E-state index in [1.165, 1.54) is 19.1 Å². The average Bonchev–Trinajstić information content (AvgIpc) is 3.11. The third-order valence-corrected chi connectivity index (χ3v) is 4.11. The summed E-state index contributed by atoms with van der Waals surface area (Å²) in [7, 11) is 0. The Labute approximate surface area is 151 Å². The fourth-order valence-electron chi connectivity index (χ4n) is 2.70. The molecule has 136 valence electrons. The summed E-state index contributed by atoms with van der Waals surface area (Å²) in [4.78, 5) is 16.1. The number of imidazole rings is 1. The van der Waals surface area contributed by atoms with Gasteiger partial charge >= 0.3 is 0 Å². The van der Waals surface area contributed by atoms with Gasteiger partial charge in [0.15, 0.2) is 11.5 Å². The molecule has 0 radical (unpaired) electrons. The topological polar surface area (TPSA) is 76.2 Å². The van der Waals surface area contributed by atoms with Crippen LogP contribution in [0.1, 0.15) is 16.8 Å². The molecule has 0 saturated carbocycles. The lowest BCUT2D eigenvalue weighted by atomic mass is 10.1. The summed E-state index contributed by atoms with van der Waals surface area (Å²) >= 11 is 0. The zero-order valence-corrected chi connectivity index (χ0v) is 14.0. The van der Waals surface area contributed by atoms with Crippen LogP contribution in [0, 0.1) is 24.4 Å². The lowest BCUT2D eigenvalue weighted by Gasteiger charge is -2.09. The van der Waals surface area contributed by atoms with E-state index in [2.05, 4.69) is 19.9 Å². The Morgan fingerprint density at radius 2 is 1.78 bits per heavy atom.